The van der Waals surface area contributed by atoms with Crippen LogP contribution in [0.2, 0.25) is 0 Å². The quantitative estimate of drug-likeness (QED) is 0.822. The molecule has 2 nitrogen and oxygen atoms in total. The summed E-state index contributed by atoms with van der Waals surface area (Å²) in [5.74, 6) is -0.469. The molecule has 2 atom stereocenters. The summed E-state index contributed by atoms with van der Waals surface area (Å²) in [6.07, 6.45) is 3.05. The predicted octanol–water partition coefficient (Wildman–Crippen LogP) is 2.91. The van der Waals surface area contributed by atoms with Gasteiger partial charge < -0.3 is 10.1 Å². The van der Waals surface area contributed by atoms with E-state index in [9.17, 15) is 8.78 Å². The normalized spacial score (nSPS) is 18.3. The molecule has 4 heteroatoms. The number of ether oxygens (including phenoxy) is 1. The van der Waals surface area contributed by atoms with Crippen LogP contribution in [0, 0.1) is 17.6 Å². The maximum atomic E-state index is 13.2. The molecular formula is C15H21F2NO. The largest absolute Gasteiger partial charge is 0.380 e. The summed E-state index contributed by atoms with van der Waals surface area (Å²) in [7, 11) is 1.71. The van der Waals surface area contributed by atoms with Gasteiger partial charge in [0.05, 0.1) is 6.10 Å². The van der Waals surface area contributed by atoms with E-state index in [4.69, 9.17) is 4.74 Å². The number of methoxy groups -OCH3 is 1. The Bertz CT molecular complexity index is 400. The third-order valence-electron chi connectivity index (χ3n) is 3.60. The van der Waals surface area contributed by atoms with Gasteiger partial charge in [0.15, 0.2) is 0 Å². The molecule has 0 saturated heterocycles. The summed E-state index contributed by atoms with van der Waals surface area (Å²) in [5, 5.41) is 3.37. The third kappa shape index (κ3) is 3.98. The summed E-state index contributed by atoms with van der Waals surface area (Å²) in [6, 6.07) is 3.80. The average Bonchev–Trinajstić information content (AvgIpc) is 3.13. The highest BCUT2D eigenvalue weighted by Gasteiger charge is 2.36. The zero-order valence-electron chi connectivity index (χ0n) is 11.5. The molecule has 1 N–H and O–H groups in total. The zero-order chi connectivity index (χ0) is 13.8. The van der Waals surface area contributed by atoms with Crippen molar-refractivity contribution >= 4 is 0 Å². The van der Waals surface area contributed by atoms with E-state index in [2.05, 4.69) is 5.32 Å². The van der Waals surface area contributed by atoms with Gasteiger partial charge >= 0.3 is 0 Å². The Balaban J connectivity index is 2.10. The Morgan fingerprint density at radius 2 is 1.89 bits per heavy atom. The summed E-state index contributed by atoms with van der Waals surface area (Å²) in [6.45, 7) is 2.84. The molecule has 2 rings (SSSR count). The molecule has 1 fully saturated rings. The number of nitrogens with one attached hydrogen (secondary N) is 1. The molecule has 1 aliphatic carbocycles. The molecule has 0 spiro atoms. The molecule has 1 aliphatic rings. The monoisotopic (exact) mass is 269 g/mol. The lowest BCUT2D eigenvalue weighted by Crippen LogP contribution is -2.43. The van der Waals surface area contributed by atoms with Crippen molar-refractivity contribution in [1.82, 2.24) is 5.32 Å². The molecule has 0 heterocycles. The minimum Gasteiger partial charge on any atom is -0.380 e. The van der Waals surface area contributed by atoms with Crippen molar-refractivity contribution in [3.8, 4) is 0 Å². The van der Waals surface area contributed by atoms with Crippen molar-refractivity contribution in [3.05, 3.63) is 35.4 Å². The molecule has 0 aromatic heterocycles. The van der Waals surface area contributed by atoms with E-state index >= 15 is 0 Å². The van der Waals surface area contributed by atoms with Gasteiger partial charge in [0.2, 0.25) is 0 Å². The first-order valence-corrected chi connectivity index (χ1v) is 6.85. The Hall–Kier alpha value is -1.00. The van der Waals surface area contributed by atoms with Crippen molar-refractivity contribution in [2.24, 2.45) is 5.92 Å². The molecule has 0 bridgehead atoms. The SMILES string of the molecule is CCNC(Cc1cc(F)cc(F)c1)C(OC)C1CC1. The second-order valence-corrected chi connectivity index (χ2v) is 5.18. The van der Waals surface area contributed by atoms with E-state index in [0.29, 0.717) is 17.9 Å². The van der Waals surface area contributed by atoms with E-state index in [1.165, 1.54) is 25.0 Å². The number of likely N-dealkylation sites (N-methyl/N-ethyl adjacent to an activating group) is 1. The summed E-state index contributed by atoms with van der Waals surface area (Å²) in [4.78, 5) is 0. The minimum absolute atomic E-state index is 0.101. The van der Waals surface area contributed by atoms with Crippen LogP contribution in [0.1, 0.15) is 25.3 Å². The lowest BCUT2D eigenvalue weighted by atomic mass is 9.98. The highest BCUT2D eigenvalue weighted by Crippen LogP contribution is 2.36. The summed E-state index contributed by atoms with van der Waals surface area (Å²) < 4.78 is 32.0. The molecular weight excluding hydrogens is 248 g/mol. The first-order chi connectivity index (χ1) is 9.13. The lowest BCUT2D eigenvalue weighted by Gasteiger charge is -2.27. The first kappa shape index (κ1) is 14.4. The number of hydrogen-bond donors (Lipinski definition) is 1. The van der Waals surface area contributed by atoms with Gasteiger partial charge in [-0.25, -0.2) is 8.78 Å². The summed E-state index contributed by atoms with van der Waals surface area (Å²) >= 11 is 0. The second-order valence-electron chi connectivity index (χ2n) is 5.18. The van der Waals surface area contributed by atoms with Crippen LogP contribution in [0.4, 0.5) is 8.78 Å². The molecule has 0 radical (unpaired) electrons. The molecule has 106 valence electrons. The van der Waals surface area contributed by atoms with Crippen molar-refractivity contribution in [2.75, 3.05) is 13.7 Å². The van der Waals surface area contributed by atoms with Crippen molar-refractivity contribution in [3.63, 3.8) is 0 Å². The van der Waals surface area contributed by atoms with Crippen LogP contribution in [0.15, 0.2) is 18.2 Å². The Labute approximate surface area is 113 Å². The fourth-order valence-electron chi connectivity index (χ4n) is 2.66. The van der Waals surface area contributed by atoms with E-state index in [1.807, 2.05) is 6.92 Å². The minimum atomic E-state index is -0.523. The van der Waals surface area contributed by atoms with Crippen molar-refractivity contribution < 1.29 is 13.5 Å². The van der Waals surface area contributed by atoms with E-state index in [-0.39, 0.29) is 12.1 Å². The average molecular weight is 269 g/mol. The van der Waals surface area contributed by atoms with Crippen LogP contribution < -0.4 is 5.32 Å². The van der Waals surface area contributed by atoms with Gasteiger partial charge in [-0.05, 0) is 49.4 Å². The van der Waals surface area contributed by atoms with Gasteiger partial charge in [-0.2, -0.15) is 0 Å². The van der Waals surface area contributed by atoms with Gasteiger partial charge in [0.1, 0.15) is 11.6 Å². The third-order valence-corrected chi connectivity index (χ3v) is 3.60. The predicted molar refractivity (Wildman–Crippen MR) is 71.0 cm³/mol. The van der Waals surface area contributed by atoms with E-state index in [1.54, 1.807) is 7.11 Å². The Kier molecular flexibility index (Phi) is 4.88. The van der Waals surface area contributed by atoms with E-state index in [0.717, 1.165) is 12.6 Å². The van der Waals surface area contributed by atoms with Gasteiger partial charge in [-0.3, -0.25) is 0 Å². The Morgan fingerprint density at radius 1 is 1.26 bits per heavy atom. The molecule has 1 saturated carbocycles. The zero-order valence-corrected chi connectivity index (χ0v) is 11.5. The van der Waals surface area contributed by atoms with Crippen LogP contribution in [-0.4, -0.2) is 25.8 Å². The van der Waals surface area contributed by atoms with Crippen LogP contribution >= 0.6 is 0 Å². The molecule has 2 unspecified atom stereocenters. The molecule has 1 aromatic carbocycles. The first-order valence-electron chi connectivity index (χ1n) is 6.85. The number of rotatable bonds is 7. The maximum absolute atomic E-state index is 13.2. The maximum Gasteiger partial charge on any atom is 0.126 e. The molecule has 1 aromatic rings. The number of hydrogen-bond acceptors (Lipinski definition) is 2. The number of halogens is 2. The number of benzene rings is 1. The van der Waals surface area contributed by atoms with Crippen LogP contribution in [0.5, 0.6) is 0 Å². The van der Waals surface area contributed by atoms with Crippen molar-refractivity contribution in [1.29, 1.82) is 0 Å². The highest BCUT2D eigenvalue weighted by atomic mass is 19.1. The van der Waals surface area contributed by atoms with Crippen LogP contribution in [-0.2, 0) is 11.2 Å². The van der Waals surface area contributed by atoms with Gasteiger partial charge in [-0.1, -0.05) is 6.92 Å². The van der Waals surface area contributed by atoms with Crippen molar-refractivity contribution in [2.45, 2.75) is 38.3 Å². The van der Waals surface area contributed by atoms with Gasteiger partial charge in [0, 0.05) is 19.2 Å². The molecule has 19 heavy (non-hydrogen) atoms. The lowest BCUT2D eigenvalue weighted by molar-refractivity contribution is 0.0515. The van der Waals surface area contributed by atoms with Gasteiger partial charge in [-0.15, -0.1) is 0 Å². The fourth-order valence-corrected chi connectivity index (χ4v) is 2.66. The molecule has 0 aliphatic heterocycles. The fraction of sp³-hybridized carbons (Fsp3) is 0.600. The topological polar surface area (TPSA) is 21.3 Å². The molecule has 0 amide bonds. The smallest absolute Gasteiger partial charge is 0.126 e. The van der Waals surface area contributed by atoms with E-state index < -0.39 is 11.6 Å². The Morgan fingerprint density at radius 3 is 2.37 bits per heavy atom. The van der Waals surface area contributed by atoms with Crippen LogP contribution in [0.25, 0.3) is 0 Å². The second kappa shape index (κ2) is 6.44. The highest BCUT2D eigenvalue weighted by molar-refractivity contribution is 5.19. The standard InChI is InChI=1S/C15H21F2NO/c1-3-18-14(15(19-2)11-4-5-11)8-10-6-12(16)9-13(17)7-10/h6-7,9,11,14-15,18H,3-5,8H2,1-2H3. The van der Waals surface area contributed by atoms with Gasteiger partial charge in [0.25, 0.3) is 0 Å². The van der Waals surface area contributed by atoms with Crippen LogP contribution in [0.3, 0.4) is 0 Å². The summed E-state index contributed by atoms with van der Waals surface area (Å²) in [5.41, 5.74) is 0.672.